The molecule has 0 bridgehead atoms. The van der Waals surface area contributed by atoms with E-state index in [1.165, 1.54) is 51.5 Å². The summed E-state index contributed by atoms with van der Waals surface area (Å²) in [6.07, 6.45) is 10.8. The van der Waals surface area contributed by atoms with Gasteiger partial charge in [0.2, 0.25) is 0 Å². The monoisotopic (exact) mass is 265 g/mol. The Kier molecular flexibility index (Phi) is 3.95. The van der Waals surface area contributed by atoms with Crippen molar-refractivity contribution in [2.24, 2.45) is 0 Å². The number of piperidine rings is 1. The first-order chi connectivity index (χ1) is 9.19. The zero-order valence-electron chi connectivity index (χ0n) is 12.2. The summed E-state index contributed by atoms with van der Waals surface area (Å²) in [6, 6.07) is 1.17. The second kappa shape index (κ2) is 5.53. The smallest absolute Gasteiger partial charge is 0.131 e. The van der Waals surface area contributed by atoms with Crippen molar-refractivity contribution in [1.29, 1.82) is 0 Å². The molecule has 2 saturated heterocycles. The van der Waals surface area contributed by atoms with E-state index in [2.05, 4.69) is 4.90 Å². The summed E-state index contributed by atoms with van der Waals surface area (Å²) in [5.74, 6) is 0.349. The van der Waals surface area contributed by atoms with E-state index in [1.807, 2.05) is 0 Å². The van der Waals surface area contributed by atoms with Gasteiger partial charge in [-0.1, -0.05) is 6.42 Å². The third kappa shape index (κ3) is 2.87. The van der Waals surface area contributed by atoms with Crippen molar-refractivity contribution in [3.8, 4) is 0 Å². The minimum atomic E-state index is 0.223. The molecule has 2 heterocycles. The fourth-order valence-corrected chi connectivity index (χ4v) is 4.26. The lowest BCUT2D eigenvalue weighted by Gasteiger charge is -2.51. The highest BCUT2D eigenvalue weighted by Gasteiger charge is 2.45. The van der Waals surface area contributed by atoms with E-state index in [9.17, 15) is 4.79 Å². The van der Waals surface area contributed by atoms with Gasteiger partial charge in [-0.3, -0.25) is 9.69 Å². The van der Waals surface area contributed by atoms with Crippen LogP contribution in [0.2, 0.25) is 0 Å². The Morgan fingerprint density at radius 1 is 1.26 bits per heavy atom. The number of nitrogens with zero attached hydrogens (tertiary/aromatic N) is 1. The molecule has 0 amide bonds. The largest absolute Gasteiger partial charge is 0.375 e. The van der Waals surface area contributed by atoms with Gasteiger partial charge in [0.15, 0.2) is 0 Å². The molecule has 2 aliphatic heterocycles. The van der Waals surface area contributed by atoms with E-state index < -0.39 is 0 Å². The number of hydrogen-bond acceptors (Lipinski definition) is 3. The van der Waals surface area contributed by atoms with E-state index in [-0.39, 0.29) is 5.60 Å². The normalized spacial score (nSPS) is 35.0. The quantitative estimate of drug-likeness (QED) is 0.786. The topological polar surface area (TPSA) is 29.5 Å². The number of hydrogen-bond donors (Lipinski definition) is 0. The fraction of sp³-hybridized carbons (Fsp3) is 0.938. The first-order valence-corrected chi connectivity index (χ1v) is 8.08. The van der Waals surface area contributed by atoms with Crippen LogP contribution in [0.15, 0.2) is 0 Å². The van der Waals surface area contributed by atoms with Gasteiger partial charge >= 0.3 is 0 Å². The van der Waals surface area contributed by atoms with Gasteiger partial charge in [0.05, 0.1) is 5.60 Å². The SMILES string of the molecule is CC(=O)CC1CCCCN1C1CCOC2(CCC2)C1. The molecular formula is C16H27NO2. The Labute approximate surface area is 116 Å². The van der Waals surface area contributed by atoms with Crippen molar-refractivity contribution in [3.63, 3.8) is 0 Å². The van der Waals surface area contributed by atoms with Gasteiger partial charge in [-0.15, -0.1) is 0 Å². The molecule has 2 atom stereocenters. The molecule has 3 fully saturated rings. The Morgan fingerprint density at radius 3 is 2.79 bits per heavy atom. The van der Waals surface area contributed by atoms with Crippen LogP contribution in [0.4, 0.5) is 0 Å². The predicted octanol–water partition coefficient (Wildman–Crippen LogP) is 2.92. The molecule has 1 spiro atoms. The second-order valence-electron chi connectivity index (χ2n) is 6.83. The number of ether oxygens (including phenoxy) is 1. The zero-order valence-corrected chi connectivity index (χ0v) is 12.2. The van der Waals surface area contributed by atoms with Gasteiger partial charge < -0.3 is 4.74 Å². The molecule has 0 aromatic heterocycles. The molecule has 3 nitrogen and oxygen atoms in total. The fourth-order valence-electron chi connectivity index (χ4n) is 4.26. The Balaban J connectivity index is 1.66. The zero-order chi connectivity index (χ0) is 13.3. The molecule has 0 radical (unpaired) electrons. The number of ketones is 1. The molecule has 108 valence electrons. The summed E-state index contributed by atoms with van der Waals surface area (Å²) < 4.78 is 6.05. The average molecular weight is 265 g/mol. The van der Waals surface area contributed by atoms with Crippen LogP contribution >= 0.6 is 0 Å². The molecule has 0 N–H and O–H groups in total. The lowest BCUT2D eigenvalue weighted by molar-refractivity contribution is -0.154. The minimum absolute atomic E-state index is 0.223. The van der Waals surface area contributed by atoms with Gasteiger partial charge in [-0.05, 0) is 58.4 Å². The van der Waals surface area contributed by atoms with E-state index in [0.717, 1.165) is 19.4 Å². The predicted molar refractivity (Wildman–Crippen MR) is 75.2 cm³/mol. The third-order valence-electron chi connectivity index (χ3n) is 5.40. The van der Waals surface area contributed by atoms with Crippen LogP contribution in [-0.2, 0) is 9.53 Å². The van der Waals surface area contributed by atoms with Crippen LogP contribution < -0.4 is 0 Å². The van der Waals surface area contributed by atoms with E-state index in [0.29, 0.717) is 17.9 Å². The number of rotatable bonds is 3. The Bertz CT molecular complexity index is 338. The molecule has 19 heavy (non-hydrogen) atoms. The van der Waals surface area contributed by atoms with Crippen molar-refractivity contribution in [3.05, 3.63) is 0 Å². The second-order valence-corrected chi connectivity index (χ2v) is 6.83. The van der Waals surface area contributed by atoms with Crippen LogP contribution in [0.3, 0.4) is 0 Å². The number of carbonyl (C=O) groups is 1. The van der Waals surface area contributed by atoms with Gasteiger partial charge in [0.25, 0.3) is 0 Å². The lowest BCUT2D eigenvalue weighted by Crippen LogP contribution is -2.55. The van der Waals surface area contributed by atoms with Crippen molar-refractivity contribution >= 4 is 5.78 Å². The van der Waals surface area contributed by atoms with Gasteiger partial charge in [0, 0.05) is 25.1 Å². The maximum absolute atomic E-state index is 11.5. The molecule has 2 unspecified atom stereocenters. The maximum Gasteiger partial charge on any atom is 0.131 e. The van der Waals surface area contributed by atoms with Crippen LogP contribution in [0.25, 0.3) is 0 Å². The molecule has 3 heteroatoms. The maximum atomic E-state index is 11.5. The molecule has 1 saturated carbocycles. The van der Waals surface area contributed by atoms with Crippen LogP contribution in [-0.4, -0.2) is 41.5 Å². The summed E-state index contributed by atoms with van der Waals surface area (Å²) >= 11 is 0. The Hall–Kier alpha value is -0.410. The number of likely N-dealkylation sites (tertiary alicyclic amines) is 1. The molecule has 1 aliphatic carbocycles. The minimum Gasteiger partial charge on any atom is -0.375 e. The lowest BCUT2D eigenvalue weighted by atomic mass is 9.73. The first kappa shape index (κ1) is 13.6. The van der Waals surface area contributed by atoms with Crippen molar-refractivity contribution < 1.29 is 9.53 Å². The van der Waals surface area contributed by atoms with E-state index >= 15 is 0 Å². The summed E-state index contributed by atoms with van der Waals surface area (Å²) in [5, 5.41) is 0. The number of Topliss-reactive ketones (excluding diaryl/α,β-unsaturated/α-hetero) is 1. The molecule has 3 rings (SSSR count). The summed E-state index contributed by atoms with van der Waals surface area (Å²) in [6.45, 7) is 3.86. The first-order valence-electron chi connectivity index (χ1n) is 8.08. The summed E-state index contributed by atoms with van der Waals surface area (Å²) in [7, 11) is 0. The standard InChI is InChI=1S/C16H27NO2/c1-13(18)11-14-5-2-3-9-17(14)15-6-10-19-16(12-15)7-4-8-16/h14-15H,2-12H2,1H3. The third-order valence-corrected chi connectivity index (χ3v) is 5.40. The molecule has 3 aliphatic rings. The van der Waals surface area contributed by atoms with Crippen molar-refractivity contribution in [2.45, 2.75) is 82.4 Å². The molecule has 0 aromatic carbocycles. The van der Waals surface area contributed by atoms with E-state index in [1.54, 1.807) is 6.92 Å². The van der Waals surface area contributed by atoms with Crippen LogP contribution in [0.5, 0.6) is 0 Å². The van der Waals surface area contributed by atoms with Gasteiger partial charge in [0.1, 0.15) is 5.78 Å². The molecule has 0 aromatic rings. The van der Waals surface area contributed by atoms with E-state index in [4.69, 9.17) is 4.74 Å². The highest BCUT2D eigenvalue weighted by molar-refractivity contribution is 5.76. The summed E-state index contributed by atoms with van der Waals surface area (Å²) in [5.41, 5.74) is 0.223. The highest BCUT2D eigenvalue weighted by atomic mass is 16.5. The summed E-state index contributed by atoms with van der Waals surface area (Å²) in [4.78, 5) is 14.1. The molecular weight excluding hydrogens is 238 g/mol. The van der Waals surface area contributed by atoms with Gasteiger partial charge in [-0.25, -0.2) is 0 Å². The Morgan fingerprint density at radius 2 is 2.11 bits per heavy atom. The number of carbonyl (C=O) groups excluding carboxylic acids is 1. The van der Waals surface area contributed by atoms with Gasteiger partial charge in [-0.2, -0.15) is 0 Å². The van der Waals surface area contributed by atoms with Crippen LogP contribution in [0, 0.1) is 0 Å². The van der Waals surface area contributed by atoms with Crippen molar-refractivity contribution in [2.75, 3.05) is 13.2 Å². The average Bonchev–Trinajstić information content (AvgIpc) is 2.37. The van der Waals surface area contributed by atoms with Crippen LogP contribution in [0.1, 0.15) is 64.7 Å². The highest BCUT2D eigenvalue weighted by Crippen LogP contribution is 2.44. The van der Waals surface area contributed by atoms with Crippen molar-refractivity contribution in [1.82, 2.24) is 4.90 Å².